The average Bonchev–Trinajstić information content (AvgIpc) is 2.57. The van der Waals surface area contributed by atoms with Crippen LogP contribution in [0.3, 0.4) is 0 Å². The van der Waals surface area contributed by atoms with Gasteiger partial charge in [-0.25, -0.2) is 14.5 Å². The van der Waals surface area contributed by atoms with Gasteiger partial charge in [0.25, 0.3) is 11.8 Å². The zero-order chi connectivity index (χ0) is 20.3. The maximum absolute atomic E-state index is 12.6. The second-order valence-corrected chi connectivity index (χ2v) is 5.57. The Bertz CT molecular complexity index is 859. The van der Waals surface area contributed by atoms with Crippen molar-refractivity contribution in [2.45, 2.75) is 18.9 Å². The molecule has 11 heteroatoms. The van der Waals surface area contributed by atoms with Crippen LogP contribution in [-0.4, -0.2) is 56.0 Å². The number of nitrogens with zero attached hydrogens (tertiary/aromatic N) is 1. The van der Waals surface area contributed by atoms with E-state index in [-0.39, 0.29) is 10.5 Å². The summed E-state index contributed by atoms with van der Waals surface area (Å²) < 4.78 is 0. The number of imide groups is 2. The summed E-state index contributed by atoms with van der Waals surface area (Å²) in [6.45, 7) is 0. The third kappa shape index (κ3) is 4.03. The zero-order valence-corrected chi connectivity index (χ0v) is 13.7. The Morgan fingerprint density at radius 3 is 2.19 bits per heavy atom. The van der Waals surface area contributed by atoms with E-state index in [4.69, 9.17) is 10.8 Å². The summed E-state index contributed by atoms with van der Waals surface area (Å²) in [6, 6.07) is 2.27. The highest BCUT2D eigenvalue weighted by Crippen LogP contribution is 2.24. The minimum Gasteiger partial charge on any atom is -0.506 e. The third-order valence-electron chi connectivity index (χ3n) is 3.75. The number of nitrogens with one attached hydrogen (secondary N) is 1. The van der Waals surface area contributed by atoms with Crippen LogP contribution in [0, 0.1) is 0 Å². The highest BCUT2D eigenvalue weighted by Gasteiger charge is 2.44. The van der Waals surface area contributed by atoms with Crippen LogP contribution in [0.25, 0.3) is 5.76 Å². The fourth-order valence-corrected chi connectivity index (χ4v) is 2.43. The third-order valence-corrected chi connectivity index (χ3v) is 3.75. The number of carboxylic acids is 2. The lowest BCUT2D eigenvalue weighted by molar-refractivity contribution is -0.149. The van der Waals surface area contributed by atoms with Crippen LogP contribution in [0.2, 0.25) is 0 Å². The first-order valence-corrected chi connectivity index (χ1v) is 7.56. The summed E-state index contributed by atoms with van der Waals surface area (Å²) in [6.07, 6.45) is -1.21. The van der Waals surface area contributed by atoms with Gasteiger partial charge in [-0.05, 0) is 30.7 Å². The standard InChI is InChI=1S/C16H15N3O8/c17-8-3-1-7(2-4-8)12(22)11-13(23)18-16(27)19(14(11)24)9(15(25)26)5-6-10(20)21/h1-4,9,22H,5-6,17H2,(H,20,21)(H,25,26)(H,18,23,27)/b12-11-/t9-/m0/s1. The molecule has 142 valence electrons. The number of hydrogen-bond donors (Lipinski definition) is 5. The zero-order valence-electron chi connectivity index (χ0n) is 13.7. The number of aliphatic carboxylic acids is 2. The highest BCUT2D eigenvalue weighted by molar-refractivity contribution is 6.32. The first-order valence-electron chi connectivity index (χ1n) is 7.56. The van der Waals surface area contributed by atoms with Crippen molar-refractivity contribution in [2.75, 3.05) is 5.73 Å². The predicted octanol–water partition coefficient (Wildman–Crippen LogP) is -0.0657. The lowest BCUT2D eigenvalue weighted by Gasteiger charge is -2.31. The van der Waals surface area contributed by atoms with Gasteiger partial charge in [0, 0.05) is 17.7 Å². The molecule has 4 amide bonds. The molecule has 1 aliphatic rings. The van der Waals surface area contributed by atoms with Gasteiger partial charge in [-0.2, -0.15) is 0 Å². The summed E-state index contributed by atoms with van der Waals surface area (Å²) >= 11 is 0. The van der Waals surface area contributed by atoms with Crippen molar-refractivity contribution in [3.63, 3.8) is 0 Å². The summed E-state index contributed by atoms with van der Waals surface area (Å²) in [5.74, 6) is -6.31. The van der Waals surface area contributed by atoms with Gasteiger partial charge in [0.15, 0.2) is 0 Å². The molecule has 0 spiro atoms. The lowest BCUT2D eigenvalue weighted by Crippen LogP contribution is -2.60. The summed E-state index contributed by atoms with van der Waals surface area (Å²) in [5.41, 5.74) is 5.07. The minimum absolute atomic E-state index is 0.0365. The number of amides is 4. The number of benzene rings is 1. The van der Waals surface area contributed by atoms with Crippen LogP contribution >= 0.6 is 0 Å². The van der Waals surface area contributed by atoms with Gasteiger partial charge < -0.3 is 21.1 Å². The number of rotatable bonds is 6. The summed E-state index contributed by atoms with van der Waals surface area (Å²) in [5, 5.41) is 30.1. The molecule has 0 unspecified atom stereocenters. The largest absolute Gasteiger partial charge is 0.506 e. The molecule has 1 fully saturated rings. The number of nitrogens with two attached hydrogens (primary N) is 1. The van der Waals surface area contributed by atoms with Crippen LogP contribution in [0.5, 0.6) is 0 Å². The number of carbonyl (C=O) groups is 5. The molecule has 0 saturated carbocycles. The molecule has 1 aromatic carbocycles. The Balaban J connectivity index is 2.47. The number of carbonyl (C=O) groups excluding carboxylic acids is 3. The Morgan fingerprint density at radius 1 is 1.07 bits per heavy atom. The number of aliphatic hydroxyl groups is 1. The molecule has 0 aromatic heterocycles. The molecule has 0 bridgehead atoms. The van der Waals surface area contributed by atoms with Crippen molar-refractivity contribution < 1.29 is 39.3 Å². The lowest BCUT2D eigenvalue weighted by atomic mass is 10.0. The van der Waals surface area contributed by atoms with Gasteiger partial charge in [-0.15, -0.1) is 0 Å². The molecule has 0 radical (unpaired) electrons. The van der Waals surface area contributed by atoms with Gasteiger partial charge in [0.05, 0.1) is 0 Å². The topological polar surface area (TPSA) is 187 Å². The van der Waals surface area contributed by atoms with Crippen LogP contribution in [0.4, 0.5) is 10.5 Å². The number of anilines is 1. The number of nitrogen functional groups attached to an aromatic ring is 1. The number of aliphatic hydroxyl groups excluding tert-OH is 1. The van der Waals surface area contributed by atoms with E-state index in [9.17, 15) is 34.2 Å². The Labute approximate surface area is 151 Å². The molecular formula is C16H15N3O8. The molecule has 1 aliphatic heterocycles. The van der Waals surface area contributed by atoms with E-state index in [1.54, 1.807) is 5.32 Å². The van der Waals surface area contributed by atoms with Crippen molar-refractivity contribution in [2.24, 2.45) is 0 Å². The Kier molecular flexibility index (Phi) is 5.44. The van der Waals surface area contributed by atoms with Crippen molar-refractivity contribution in [1.82, 2.24) is 10.2 Å². The van der Waals surface area contributed by atoms with Gasteiger partial charge in [-0.1, -0.05) is 0 Å². The van der Waals surface area contributed by atoms with E-state index >= 15 is 0 Å². The van der Waals surface area contributed by atoms with E-state index in [1.807, 2.05) is 0 Å². The van der Waals surface area contributed by atoms with Gasteiger partial charge >= 0.3 is 18.0 Å². The SMILES string of the molecule is Nc1ccc(/C(O)=C2\C(=O)NC(=O)N([C@@H](CCC(=O)O)C(=O)O)C2=O)cc1. The fourth-order valence-electron chi connectivity index (χ4n) is 2.43. The number of urea groups is 1. The molecule has 0 aliphatic carbocycles. The van der Waals surface area contributed by atoms with Crippen LogP contribution in [0.15, 0.2) is 29.8 Å². The fraction of sp³-hybridized carbons (Fsp3) is 0.188. The molecule has 1 atom stereocenters. The van der Waals surface area contributed by atoms with Crippen LogP contribution in [0.1, 0.15) is 18.4 Å². The van der Waals surface area contributed by atoms with Gasteiger partial charge in [0.2, 0.25) is 0 Å². The van der Waals surface area contributed by atoms with Gasteiger partial charge in [0.1, 0.15) is 17.4 Å². The molecule has 1 saturated heterocycles. The van der Waals surface area contributed by atoms with Crippen molar-refractivity contribution >= 4 is 41.2 Å². The molecule has 11 nitrogen and oxygen atoms in total. The average molecular weight is 377 g/mol. The molecule has 1 heterocycles. The quantitative estimate of drug-likeness (QED) is 0.196. The smallest absolute Gasteiger partial charge is 0.332 e. The summed E-state index contributed by atoms with van der Waals surface area (Å²) in [7, 11) is 0. The number of carboxylic acid groups (broad SMARTS) is 2. The van der Waals surface area contributed by atoms with Crippen LogP contribution in [-0.2, 0) is 19.2 Å². The maximum Gasteiger partial charge on any atom is 0.332 e. The Morgan fingerprint density at radius 2 is 1.67 bits per heavy atom. The molecular weight excluding hydrogens is 362 g/mol. The molecule has 1 aromatic rings. The minimum atomic E-state index is -1.84. The number of barbiturate groups is 1. The first kappa shape index (κ1) is 19.4. The molecule has 27 heavy (non-hydrogen) atoms. The van der Waals surface area contributed by atoms with Crippen molar-refractivity contribution in [1.29, 1.82) is 0 Å². The van der Waals surface area contributed by atoms with Crippen molar-refractivity contribution in [3.05, 3.63) is 35.4 Å². The second-order valence-electron chi connectivity index (χ2n) is 5.57. The van der Waals surface area contributed by atoms with Gasteiger partial charge in [-0.3, -0.25) is 19.7 Å². The maximum atomic E-state index is 12.6. The normalized spacial score (nSPS) is 17.3. The van der Waals surface area contributed by atoms with E-state index in [0.717, 1.165) is 0 Å². The predicted molar refractivity (Wildman–Crippen MR) is 89.1 cm³/mol. The highest BCUT2D eigenvalue weighted by atomic mass is 16.4. The molecule has 2 rings (SSSR count). The van der Waals surface area contributed by atoms with E-state index in [1.165, 1.54) is 24.3 Å². The van der Waals surface area contributed by atoms with E-state index in [0.29, 0.717) is 5.69 Å². The van der Waals surface area contributed by atoms with E-state index < -0.39 is 60.0 Å². The molecule has 6 N–H and O–H groups in total. The summed E-state index contributed by atoms with van der Waals surface area (Å²) in [4.78, 5) is 59.0. The van der Waals surface area contributed by atoms with Crippen LogP contribution < -0.4 is 11.1 Å². The Hall–Kier alpha value is -3.89. The monoisotopic (exact) mass is 377 g/mol. The second kappa shape index (κ2) is 7.56. The van der Waals surface area contributed by atoms with E-state index in [2.05, 4.69) is 0 Å². The number of hydrogen-bond acceptors (Lipinski definition) is 7. The van der Waals surface area contributed by atoms with Crippen molar-refractivity contribution in [3.8, 4) is 0 Å². The first-order chi connectivity index (χ1) is 12.6.